The van der Waals surface area contributed by atoms with Crippen LogP contribution in [-0.4, -0.2) is 22.3 Å². The predicted molar refractivity (Wildman–Crippen MR) is 143 cm³/mol. The van der Waals surface area contributed by atoms with Gasteiger partial charge in [0.2, 0.25) is 0 Å². The summed E-state index contributed by atoms with van der Waals surface area (Å²) in [4.78, 5) is 43.5. The summed E-state index contributed by atoms with van der Waals surface area (Å²) < 4.78 is 5.30. The van der Waals surface area contributed by atoms with Crippen LogP contribution in [0.1, 0.15) is 52.2 Å². The van der Waals surface area contributed by atoms with E-state index in [-0.39, 0.29) is 28.1 Å². The van der Waals surface area contributed by atoms with Crippen molar-refractivity contribution >= 4 is 45.9 Å². The topological polar surface area (TPSA) is 101 Å². The molecule has 0 amide bonds. The standard InChI is InChI=1S/C29H21ClN2O4S/c1-29(2)12-21-26(22(33)13-29)25(16-7-9-18(30)10-8-16)20(14-31)27(32-21)37-15-23(34)19-11-17-5-3-4-6-24(17)36-28(19)35/h3-11H,12-13,15H2,1-2H3. The maximum absolute atomic E-state index is 13.3. The minimum absolute atomic E-state index is 0.0584. The number of hydrogen-bond donors (Lipinski definition) is 0. The molecular formula is C29H21ClN2O4S. The van der Waals surface area contributed by atoms with Crippen molar-refractivity contribution in [3.8, 4) is 17.2 Å². The number of Topliss-reactive ketones (excluding diaryl/α,β-unsaturated/α-hetero) is 2. The Bertz CT molecular complexity index is 1680. The summed E-state index contributed by atoms with van der Waals surface area (Å²) in [6, 6.07) is 17.7. The van der Waals surface area contributed by atoms with Crippen molar-refractivity contribution in [2.75, 3.05) is 5.75 Å². The Hall–Kier alpha value is -3.73. The van der Waals surface area contributed by atoms with Crippen molar-refractivity contribution in [2.24, 2.45) is 5.41 Å². The van der Waals surface area contributed by atoms with Gasteiger partial charge in [0.05, 0.1) is 17.0 Å². The molecule has 2 aromatic heterocycles. The van der Waals surface area contributed by atoms with Crippen molar-refractivity contribution < 1.29 is 14.0 Å². The monoisotopic (exact) mass is 528 g/mol. The van der Waals surface area contributed by atoms with E-state index in [4.69, 9.17) is 21.0 Å². The molecule has 6 nitrogen and oxygen atoms in total. The Morgan fingerprint density at radius 2 is 1.84 bits per heavy atom. The Kier molecular flexibility index (Phi) is 6.49. The quantitative estimate of drug-likeness (QED) is 0.165. The first kappa shape index (κ1) is 24.9. The molecule has 0 atom stereocenters. The average Bonchev–Trinajstić information content (AvgIpc) is 2.85. The van der Waals surface area contributed by atoms with Gasteiger partial charge < -0.3 is 4.42 Å². The highest BCUT2D eigenvalue weighted by Gasteiger charge is 2.36. The number of para-hydroxylation sites is 1. The molecule has 0 saturated heterocycles. The molecule has 0 bridgehead atoms. The number of benzene rings is 2. The van der Waals surface area contributed by atoms with Gasteiger partial charge in [0.1, 0.15) is 22.2 Å². The van der Waals surface area contributed by atoms with Crippen LogP contribution in [0.25, 0.3) is 22.1 Å². The summed E-state index contributed by atoms with van der Waals surface area (Å²) in [5.41, 5.74) is 1.80. The number of carbonyl (C=O) groups excluding carboxylic acids is 2. The fourth-order valence-electron chi connectivity index (χ4n) is 4.66. The zero-order valence-electron chi connectivity index (χ0n) is 20.1. The van der Waals surface area contributed by atoms with E-state index in [0.717, 1.165) is 11.8 Å². The summed E-state index contributed by atoms with van der Waals surface area (Å²) in [6.45, 7) is 4.01. The molecule has 37 heavy (non-hydrogen) atoms. The third-order valence-corrected chi connectivity index (χ3v) is 7.56. The Labute approximate surface area is 222 Å². The second-order valence-electron chi connectivity index (χ2n) is 9.75. The van der Waals surface area contributed by atoms with E-state index in [1.165, 1.54) is 6.07 Å². The molecule has 2 heterocycles. The van der Waals surface area contributed by atoms with Crippen molar-refractivity contribution in [3.05, 3.63) is 92.4 Å². The summed E-state index contributed by atoms with van der Waals surface area (Å²) >= 11 is 7.16. The van der Waals surface area contributed by atoms with Crippen LogP contribution in [0.15, 0.2) is 68.8 Å². The lowest BCUT2D eigenvalue weighted by Crippen LogP contribution is -2.29. The van der Waals surface area contributed by atoms with Crippen LogP contribution in [-0.2, 0) is 6.42 Å². The molecule has 0 radical (unpaired) electrons. The van der Waals surface area contributed by atoms with E-state index in [2.05, 4.69) is 6.07 Å². The summed E-state index contributed by atoms with van der Waals surface area (Å²) in [5, 5.41) is 11.7. The Morgan fingerprint density at radius 1 is 1.11 bits per heavy atom. The van der Waals surface area contributed by atoms with Gasteiger partial charge in [0.25, 0.3) is 0 Å². The number of thioether (sulfide) groups is 1. The first-order chi connectivity index (χ1) is 17.7. The molecule has 1 aliphatic carbocycles. The molecule has 5 rings (SSSR count). The average molecular weight is 529 g/mol. The van der Waals surface area contributed by atoms with E-state index < -0.39 is 11.4 Å². The first-order valence-corrected chi connectivity index (χ1v) is 13.0. The van der Waals surface area contributed by atoms with Crippen LogP contribution in [0.4, 0.5) is 0 Å². The van der Waals surface area contributed by atoms with Crippen LogP contribution >= 0.6 is 23.4 Å². The number of carbonyl (C=O) groups is 2. The lowest BCUT2D eigenvalue weighted by atomic mass is 9.73. The molecule has 2 aromatic carbocycles. The lowest BCUT2D eigenvalue weighted by Gasteiger charge is -2.31. The van der Waals surface area contributed by atoms with Crippen molar-refractivity contribution in [2.45, 2.75) is 31.7 Å². The number of fused-ring (bicyclic) bond motifs is 2. The number of rotatable bonds is 5. The van der Waals surface area contributed by atoms with Crippen LogP contribution in [0, 0.1) is 16.7 Å². The highest BCUT2D eigenvalue weighted by molar-refractivity contribution is 8.00. The van der Waals surface area contributed by atoms with Gasteiger partial charge >= 0.3 is 5.63 Å². The van der Waals surface area contributed by atoms with Gasteiger partial charge in [-0.3, -0.25) is 9.59 Å². The first-order valence-electron chi connectivity index (χ1n) is 11.6. The van der Waals surface area contributed by atoms with E-state index in [1.54, 1.807) is 48.5 Å². The predicted octanol–water partition coefficient (Wildman–Crippen LogP) is 6.51. The largest absolute Gasteiger partial charge is 0.422 e. The van der Waals surface area contributed by atoms with Crippen LogP contribution in [0.5, 0.6) is 0 Å². The summed E-state index contributed by atoms with van der Waals surface area (Å²) in [5.74, 6) is -0.625. The maximum Gasteiger partial charge on any atom is 0.347 e. The van der Waals surface area contributed by atoms with Crippen molar-refractivity contribution in [1.82, 2.24) is 4.98 Å². The number of aromatic nitrogens is 1. The number of ketones is 2. The molecule has 0 unspecified atom stereocenters. The molecule has 1 aliphatic rings. The van der Waals surface area contributed by atoms with Crippen LogP contribution in [0.2, 0.25) is 5.02 Å². The zero-order chi connectivity index (χ0) is 26.3. The van der Waals surface area contributed by atoms with Gasteiger partial charge in [-0.15, -0.1) is 0 Å². The minimum atomic E-state index is -0.711. The molecule has 0 N–H and O–H groups in total. The third-order valence-electron chi connectivity index (χ3n) is 6.33. The molecule has 4 aromatic rings. The Balaban J connectivity index is 1.58. The lowest BCUT2D eigenvalue weighted by molar-refractivity contribution is 0.0909. The normalized spacial score (nSPS) is 14.3. The fourth-order valence-corrected chi connectivity index (χ4v) is 5.68. The second kappa shape index (κ2) is 9.62. The molecule has 8 heteroatoms. The molecule has 0 aliphatic heterocycles. The minimum Gasteiger partial charge on any atom is -0.422 e. The van der Waals surface area contributed by atoms with E-state index in [1.807, 2.05) is 13.8 Å². The molecule has 0 saturated carbocycles. The smallest absolute Gasteiger partial charge is 0.347 e. The van der Waals surface area contributed by atoms with E-state index >= 15 is 0 Å². The van der Waals surface area contributed by atoms with Gasteiger partial charge in [0.15, 0.2) is 11.6 Å². The van der Waals surface area contributed by atoms with Gasteiger partial charge in [-0.1, -0.05) is 67.5 Å². The molecule has 0 spiro atoms. The third kappa shape index (κ3) is 4.83. The highest BCUT2D eigenvalue weighted by atomic mass is 35.5. The van der Waals surface area contributed by atoms with Crippen molar-refractivity contribution in [1.29, 1.82) is 5.26 Å². The summed E-state index contributed by atoms with van der Waals surface area (Å²) in [7, 11) is 0. The van der Waals surface area contributed by atoms with Crippen LogP contribution < -0.4 is 5.63 Å². The number of halogens is 1. The van der Waals surface area contributed by atoms with Crippen molar-refractivity contribution in [3.63, 3.8) is 0 Å². The maximum atomic E-state index is 13.3. The SMILES string of the molecule is CC1(C)CC(=O)c2c(nc(SCC(=O)c3cc4ccccc4oc3=O)c(C#N)c2-c2ccc(Cl)cc2)C1. The highest BCUT2D eigenvalue weighted by Crippen LogP contribution is 2.42. The molecule has 0 fully saturated rings. The van der Waals surface area contributed by atoms with Gasteiger partial charge in [-0.05, 0) is 41.7 Å². The second-order valence-corrected chi connectivity index (χ2v) is 11.1. The number of nitriles is 1. The van der Waals surface area contributed by atoms with E-state index in [0.29, 0.717) is 56.2 Å². The number of hydrogen-bond acceptors (Lipinski definition) is 7. The zero-order valence-corrected chi connectivity index (χ0v) is 21.7. The van der Waals surface area contributed by atoms with Gasteiger partial charge in [-0.2, -0.15) is 5.26 Å². The number of pyridine rings is 1. The van der Waals surface area contributed by atoms with Crippen LogP contribution in [0.3, 0.4) is 0 Å². The van der Waals surface area contributed by atoms with Gasteiger partial charge in [0, 0.05) is 28.0 Å². The number of nitrogens with zero attached hydrogens (tertiary/aromatic N) is 2. The van der Waals surface area contributed by atoms with E-state index in [9.17, 15) is 19.6 Å². The summed E-state index contributed by atoms with van der Waals surface area (Å²) in [6.07, 6.45) is 0.895. The fraction of sp³-hybridized carbons (Fsp3) is 0.207. The molecule has 184 valence electrons. The Morgan fingerprint density at radius 3 is 2.57 bits per heavy atom. The van der Waals surface area contributed by atoms with Gasteiger partial charge in [-0.25, -0.2) is 9.78 Å². The molecular weight excluding hydrogens is 508 g/mol.